The lowest BCUT2D eigenvalue weighted by atomic mass is 10.0. The summed E-state index contributed by atoms with van der Waals surface area (Å²) >= 11 is 0. The molecule has 0 atom stereocenters. The Labute approximate surface area is 188 Å². The molecule has 0 aliphatic carbocycles. The van der Waals surface area contributed by atoms with Crippen LogP contribution in [0.2, 0.25) is 0 Å². The van der Waals surface area contributed by atoms with Crippen LogP contribution in [-0.2, 0) is 9.47 Å². The molecule has 0 saturated carbocycles. The number of amides is 1. The van der Waals surface area contributed by atoms with Gasteiger partial charge in [0.1, 0.15) is 0 Å². The third-order valence-corrected chi connectivity index (χ3v) is 5.11. The van der Waals surface area contributed by atoms with E-state index >= 15 is 0 Å². The first kappa shape index (κ1) is 23.2. The maximum atomic E-state index is 12.3. The zero-order chi connectivity index (χ0) is 23.1. The van der Waals surface area contributed by atoms with Gasteiger partial charge in [0, 0.05) is 24.3 Å². The summed E-state index contributed by atoms with van der Waals surface area (Å²) in [6, 6.07) is 14.9. The van der Waals surface area contributed by atoms with E-state index in [0.717, 1.165) is 22.5 Å². The van der Waals surface area contributed by atoms with Crippen molar-refractivity contribution in [2.24, 2.45) is 0 Å². The van der Waals surface area contributed by atoms with Gasteiger partial charge in [0.05, 0.1) is 24.6 Å². The van der Waals surface area contributed by atoms with Gasteiger partial charge in [0.25, 0.3) is 5.91 Å². The molecule has 1 amide bonds. The molecule has 0 aliphatic heterocycles. The lowest BCUT2D eigenvalue weighted by molar-refractivity contribution is 0.0519. The van der Waals surface area contributed by atoms with Gasteiger partial charge in [-0.05, 0) is 75.2 Å². The van der Waals surface area contributed by atoms with E-state index in [1.54, 1.807) is 29.8 Å². The van der Waals surface area contributed by atoms with Gasteiger partial charge in [-0.3, -0.25) is 4.79 Å². The van der Waals surface area contributed by atoms with Gasteiger partial charge in [0.2, 0.25) is 0 Å². The monoisotopic (exact) mass is 435 g/mol. The molecule has 1 aromatic heterocycles. The van der Waals surface area contributed by atoms with Crippen LogP contribution in [-0.4, -0.2) is 48.0 Å². The Hall–Kier alpha value is -3.45. The summed E-state index contributed by atoms with van der Waals surface area (Å²) in [5.74, 6) is -0.639. The molecule has 2 aromatic carbocycles. The van der Waals surface area contributed by atoms with Crippen molar-refractivity contribution in [2.45, 2.75) is 27.7 Å². The molecule has 3 rings (SSSR count). The molecular weight excluding hydrogens is 406 g/mol. The number of benzene rings is 2. The predicted octanol–water partition coefficient (Wildman–Crippen LogP) is 4.10. The van der Waals surface area contributed by atoms with Crippen LogP contribution in [0.25, 0.3) is 16.9 Å². The van der Waals surface area contributed by atoms with Crippen LogP contribution in [0, 0.1) is 13.8 Å². The zero-order valence-electron chi connectivity index (χ0n) is 19.0. The van der Waals surface area contributed by atoms with Crippen molar-refractivity contribution in [1.82, 2.24) is 15.1 Å². The molecule has 7 nitrogen and oxygen atoms in total. The molecule has 0 aliphatic rings. The van der Waals surface area contributed by atoms with Crippen LogP contribution in [0.15, 0.2) is 48.5 Å². The number of hydrogen-bond donors (Lipinski definition) is 1. The number of hydrogen-bond acceptors (Lipinski definition) is 5. The maximum absolute atomic E-state index is 12.3. The van der Waals surface area contributed by atoms with E-state index in [4.69, 9.17) is 9.47 Å². The van der Waals surface area contributed by atoms with Gasteiger partial charge in [0.15, 0.2) is 5.69 Å². The highest BCUT2D eigenvalue weighted by atomic mass is 16.5. The summed E-state index contributed by atoms with van der Waals surface area (Å²) in [6.07, 6.45) is 0. The van der Waals surface area contributed by atoms with Gasteiger partial charge < -0.3 is 14.8 Å². The first-order valence-corrected chi connectivity index (χ1v) is 10.8. The Morgan fingerprint density at radius 2 is 1.72 bits per heavy atom. The van der Waals surface area contributed by atoms with Crippen molar-refractivity contribution >= 4 is 11.9 Å². The number of rotatable bonds is 9. The molecule has 0 fully saturated rings. The minimum Gasteiger partial charge on any atom is -0.461 e. The van der Waals surface area contributed by atoms with E-state index < -0.39 is 5.97 Å². The second-order valence-electron chi connectivity index (χ2n) is 7.35. The number of carbonyl (C=O) groups is 2. The molecule has 7 heteroatoms. The van der Waals surface area contributed by atoms with Crippen molar-refractivity contribution < 1.29 is 19.1 Å². The Kier molecular flexibility index (Phi) is 7.78. The van der Waals surface area contributed by atoms with Gasteiger partial charge in [-0.2, -0.15) is 5.10 Å². The number of aryl methyl sites for hydroxylation is 2. The van der Waals surface area contributed by atoms with Crippen LogP contribution in [0.4, 0.5) is 0 Å². The minimum absolute atomic E-state index is 0.168. The highest BCUT2D eigenvalue weighted by Crippen LogP contribution is 2.26. The molecule has 32 heavy (non-hydrogen) atoms. The van der Waals surface area contributed by atoms with E-state index in [1.165, 1.54) is 5.56 Å². The quantitative estimate of drug-likeness (QED) is 0.404. The van der Waals surface area contributed by atoms with E-state index in [-0.39, 0.29) is 18.2 Å². The van der Waals surface area contributed by atoms with Crippen LogP contribution in [0.5, 0.6) is 0 Å². The van der Waals surface area contributed by atoms with Crippen LogP contribution < -0.4 is 5.32 Å². The molecular formula is C25H29N3O4. The van der Waals surface area contributed by atoms with E-state index in [1.807, 2.05) is 38.1 Å². The summed E-state index contributed by atoms with van der Waals surface area (Å²) in [5.41, 5.74) is 5.55. The molecule has 1 heterocycles. The summed E-state index contributed by atoms with van der Waals surface area (Å²) in [7, 11) is 0. The Bertz CT molecular complexity index is 1090. The SMILES string of the molecule is CCOCCNC(=O)c1ccc(-n2nc(C(=O)OCC)cc2-c2ccc(C)c(C)c2)cc1. The fourth-order valence-corrected chi connectivity index (χ4v) is 3.23. The van der Waals surface area contributed by atoms with Gasteiger partial charge in [-0.1, -0.05) is 12.1 Å². The van der Waals surface area contributed by atoms with Crippen molar-refractivity contribution in [1.29, 1.82) is 0 Å². The standard InChI is InChI=1S/C25H29N3O4/c1-5-31-14-13-26-24(29)19-9-11-21(12-10-19)28-23(16-22(27-28)25(30)32-6-2)20-8-7-17(3)18(4)15-20/h7-12,15-16H,5-6,13-14H2,1-4H3,(H,26,29). The third kappa shape index (κ3) is 5.42. The van der Waals surface area contributed by atoms with Crippen LogP contribution in [0.1, 0.15) is 45.8 Å². The summed E-state index contributed by atoms with van der Waals surface area (Å²) in [6.45, 7) is 9.59. The van der Waals surface area contributed by atoms with Crippen LogP contribution >= 0.6 is 0 Å². The van der Waals surface area contributed by atoms with E-state index in [0.29, 0.717) is 25.3 Å². The van der Waals surface area contributed by atoms with Crippen LogP contribution in [0.3, 0.4) is 0 Å². The Morgan fingerprint density at radius 1 is 0.969 bits per heavy atom. The highest BCUT2D eigenvalue weighted by molar-refractivity contribution is 5.94. The largest absolute Gasteiger partial charge is 0.461 e. The maximum Gasteiger partial charge on any atom is 0.358 e. The summed E-state index contributed by atoms with van der Waals surface area (Å²) in [5, 5.41) is 7.32. The van der Waals surface area contributed by atoms with Gasteiger partial charge >= 0.3 is 5.97 Å². The van der Waals surface area contributed by atoms with Crippen molar-refractivity contribution in [3.05, 3.63) is 70.9 Å². The highest BCUT2D eigenvalue weighted by Gasteiger charge is 2.18. The fourth-order valence-electron chi connectivity index (χ4n) is 3.23. The molecule has 0 unspecified atom stereocenters. The average Bonchev–Trinajstić information content (AvgIpc) is 3.24. The zero-order valence-corrected chi connectivity index (χ0v) is 19.0. The first-order valence-electron chi connectivity index (χ1n) is 10.8. The third-order valence-electron chi connectivity index (χ3n) is 5.11. The van der Waals surface area contributed by atoms with E-state index in [9.17, 15) is 9.59 Å². The molecule has 0 bridgehead atoms. The van der Waals surface area contributed by atoms with Crippen molar-refractivity contribution in [3.8, 4) is 16.9 Å². The molecule has 0 spiro atoms. The van der Waals surface area contributed by atoms with E-state index in [2.05, 4.69) is 23.4 Å². The summed E-state index contributed by atoms with van der Waals surface area (Å²) in [4.78, 5) is 24.7. The molecule has 3 aromatic rings. The lowest BCUT2D eigenvalue weighted by Crippen LogP contribution is -2.27. The number of carbonyl (C=O) groups excluding carboxylic acids is 2. The van der Waals surface area contributed by atoms with Gasteiger partial charge in [-0.25, -0.2) is 9.48 Å². The second kappa shape index (κ2) is 10.7. The number of nitrogens with zero attached hydrogens (tertiary/aromatic N) is 2. The number of ether oxygens (including phenoxy) is 2. The second-order valence-corrected chi connectivity index (χ2v) is 7.35. The van der Waals surface area contributed by atoms with Gasteiger partial charge in [-0.15, -0.1) is 0 Å². The Balaban J connectivity index is 1.92. The molecule has 1 N–H and O–H groups in total. The number of esters is 1. The first-order chi connectivity index (χ1) is 15.4. The normalized spacial score (nSPS) is 10.8. The number of nitrogens with one attached hydrogen (secondary N) is 1. The molecule has 0 saturated heterocycles. The fraction of sp³-hybridized carbons (Fsp3) is 0.320. The Morgan fingerprint density at radius 3 is 2.38 bits per heavy atom. The summed E-state index contributed by atoms with van der Waals surface area (Å²) < 4.78 is 12.1. The topological polar surface area (TPSA) is 82.5 Å². The van der Waals surface area contributed by atoms with Crippen molar-refractivity contribution in [2.75, 3.05) is 26.4 Å². The molecule has 168 valence electrons. The number of aromatic nitrogens is 2. The lowest BCUT2D eigenvalue weighted by Gasteiger charge is -2.10. The molecule has 0 radical (unpaired) electrons. The predicted molar refractivity (Wildman–Crippen MR) is 123 cm³/mol. The average molecular weight is 436 g/mol. The minimum atomic E-state index is -0.471. The van der Waals surface area contributed by atoms with Crippen molar-refractivity contribution in [3.63, 3.8) is 0 Å². The smallest absolute Gasteiger partial charge is 0.358 e.